The molecule has 1 saturated carbocycles. The van der Waals surface area contributed by atoms with Crippen molar-refractivity contribution in [1.29, 1.82) is 5.26 Å². The van der Waals surface area contributed by atoms with E-state index in [-0.39, 0.29) is 79.0 Å². The average molecular weight is 843 g/mol. The van der Waals surface area contributed by atoms with Crippen LogP contribution in [0, 0.1) is 23.0 Å². The number of imide groups is 1. The van der Waals surface area contributed by atoms with E-state index in [1.54, 1.807) is 29.9 Å². The van der Waals surface area contributed by atoms with Gasteiger partial charge in [-0.2, -0.15) is 10.4 Å². The number of halogens is 3. The molecule has 3 aromatic carbocycles. The molecule has 3 amide bonds. The molecule has 3 aliphatic rings. The van der Waals surface area contributed by atoms with Crippen molar-refractivity contribution in [3.05, 3.63) is 71.4 Å². The number of fused-ring (bicyclic) bond motifs is 2. The Bertz CT molecular complexity index is 2480. The van der Waals surface area contributed by atoms with Gasteiger partial charge in [0.1, 0.15) is 35.5 Å². The predicted octanol–water partition coefficient (Wildman–Crippen LogP) is 7.74. The number of alkyl halides is 1. The van der Waals surface area contributed by atoms with Crippen LogP contribution in [0.15, 0.2) is 48.7 Å². The highest BCUT2D eigenvalue weighted by molar-refractivity contribution is 7.98. The van der Waals surface area contributed by atoms with Gasteiger partial charge in [0.05, 0.1) is 28.4 Å². The largest absolute Gasteiger partial charge is 0.473 e. The molecule has 4 heterocycles. The van der Waals surface area contributed by atoms with Gasteiger partial charge < -0.3 is 19.1 Å². The minimum Gasteiger partial charge on any atom is -0.473 e. The normalized spacial score (nSPS) is 19.7. The molecule has 0 atom stereocenters. The molecular weight excluding hydrogens is 798 g/mol. The van der Waals surface area contributed by atoms with Crippen LogP contribution in [0.2, 0.25) is 0 Å². The zero-order valence-electron chi connectivity index (χ0n) is 33.5. The Morgan fingerprint density at radius 2 is 1.83 bits per heavy atom. The first-order valence-corrected chi connectivity index (χ1v) is 20.8. The van der Waals surface area contributed by atoms with E-state index in [0.717, 1.165) is 32.2 Å². The summed E-state index contributed by atoms with van der Waals surface area (Å²) in [5.41, 5.74) is 1.13. The average Bonchev–Trinajstić information content (AvgIpc) is 3.56. The first-order chi connectivity index (χ1) is 28.9. The van der Waals surface area contributed by atoms with Crippen LogP contribution in [0.25, 0.3) is 21.9 Å². The van der Waals surface area contributed by atoms with Crippen LogP contribution in [-0.2, 0) is 11.8 Å². The Morgan fingerprint density at radius 1 is 1.05 bits per heavy atom. The maximum Gasteiger partial charge on any atom is 0.329 e. The quantitative estimate of drug-likeness (QED) is 0.118. The topological polar surface area (TPSA) is 154 Å². The van der Waals surface area contributed by atoms with Crippen LogP contribution in [0.3, 0.4) is 0 Å². The number of aryl methyl sites for hydroxylation is 1. The molecule has 8 rings (SSSR count). The highest BCUT2D eigenvalue weighted by Crippen LogP contribution is 2.41. The fourth-order valence-corrected chi connectivity index (χ4v) is 8.77. The van der Waals surface area contributed by atoms with Gasteiger partial charge in [0.15, 0.2) is 17.4 Å². The molecule has 5 aromatic rings. The van der Waals surface area contributed by atoms with Gasteiger partial charge in [-0.15, -0.1) is 0 Å². The number of nitrogens with one attached hydrogen (secondary N) is 2. The molecule has 314 valence electrons. The van der Waals surface area contributed by atoms with Crippen molar-refractivity contribution in [2.45, 2.75) is 69.5 Å². The van der Waals surface area contributed by atoms with Gasteiger partial charge in [-0.1, -0.05) is 6.92 Å². The first kappa shape index (κ1) is 41.1. The van der Waals surface area contributed by atoms with Gasteiger partial charge in [0.2, 0.25) is 11.8 Å². The van der Waals surface area contributed by atoms with Crippen LogP contribution >= 0.6 is 12.1 Å². The molecule has 2 saturated heterocycles. The lowest BCUT2D eigenvalue weighted by Gasteiger charge is -2.42. The third-order valence-corrected chi connectivity index (χ3v) is 12.7. The number of aromatic nitrogens is 4. The van der Waals surface area contributed by atoms with Crippen molar-refractivity contribution in [2.75, 3.05) is 49.5 Å². The van der Waals surface area contributed by atoms with Crippen molar-refractivity contribution in [3.8, 4) is 23.4 Å². The number of ether oxygens (including phenoxy) is 2. The van der Waals surface area contributed by atoms with E-state index in [4.69, 9.17) is 9.47 Å². The Kier molecular flexibility index (Phi) is 11.7. The number of benzene rings is 3. The van der Waals surface area contributed by atoms with Gasteiger partial charge in [-0.3, -0.25) is 19.7 Å². The zero-order chi connectivity index (χ0) is 42.1. The fraction of sp³-hybridized carbons (Fsp3) is 0.429. The highest BCUT2D eigenvalue weighted by atomic mass is 32.2. The maximum absolute atomic E-state index is 16.1. The van der Waals surface area contributed by atoms with E-state index in [2.05, 4.69) is 30.0 Å². The number of carbonyl (C=O) groups is 2. The minimum atomic E-state index is -1.56. The number of hydrogen-bond acceptors (Lipinski definition) is 12. The lowest BCUT2D eigenvalue weighted by atomic mass is 9.80. The van der Waals surface area contributed by atoms with E-state index in [9.17, 15) is 19.2 Å². The molecule has 18 heteroatoms. The number of urea groups is 1. The first-order valence-electron chi connectivity index (χ1n) is 20.1. The van der Waals surface area contributed by atoms with Gasteiger partial charge >= 0.3 is 6.03 Å². The maximum atomic E-state index is 16.1. The minimum absolute atomic E-state index is 0.0139. The number of carbonyl (C=O) groups excluding carboxylic acids is 2. The lowest BCUT2D eigenvalue weighted by molar-refractivity contribution is -0.120. The van der Waals surface area contributed by atoms with E-state index < -0.39 is 17.5 Å². The summed E-state index contributed by atoms with van der Waals surface area (Å²) in [6.07, 6.45) is 5.46. The van der Waals surface area contributed by atoms with Crippen LogP contribution in [-0.4, -0.2) is 92.4 Å². The number of hydrogen-bond donors (Lipinski definition) is 2. The van der Waals surface area contributed by atoms with Crippen LogP contribution in [0.1, 0.15) is 68.9 Å². The van der Waals surface area contributed by atoms with Crippen molar-refractivity contribution in [2.24, 2.45) is 7.05 Å². The number of rotatable bonds is 12. The number of nitriles is 1. The molecule has 60 heavy (non-hydrogen) atoms. The summed E-state index contributed by atoms with van der Waals surface area (Å²) in [7, 11) is 3.64. The van der Waals surface area contributed by atoms with Crippen molar-refractivity contribution in [1.82, 2.24) is 34.3 Å². The molecule has 14 nitrogen and oxygen atoms in total. The van der Waals surface area contributed by atoms with Crippen LogP contribution < -0.4 is 24.4 Å². The summed E-state index contributed by atoms with van der Waals surface area (Å²) in [4.78, 5) is 36.8. The van der Waals surface area contributed by atoms with Crippen molar-refractivity contribution >= 4 is 57.5 Å². The second-order valence-corrected chi connectivity index (χ2v) is 16.6. The molecule has 2 aliphatic heterocycles. The lowest BCUT2D eigenvalue weighted by Crippen LogP contribution is -2.49. The number of likely N-dealkylation sites (tertiary alicyclic amines) is 1. The summed E-state index contributed by atoms with van der Waals surface area (Å²) in [5.74, 6) is -0.878. The second-order valence-electron chi connectivity index (χ2n) is 15.6. The second kappa shape index (κ2) is 17.1. The van der Waals surface area contributed by atoms with Gasteiger partial charge in [-0.05, 0) is 93.5 Å². The number of piperidine rings is 1. The Morgan fingerprint density at radius 3 is 2.57 bits per heavy atom. The molecule has 0 spiro atoms. The SMILES string of the molecule is CCN(C)SNc1ccc(F)c(Oc2ccc3ncc(OCC4(F)CCN(C5CCC(c6cc7c(cc6F)c(N6CCC(=O)NC6=O)nn7C)CC5)CC4)nc3c2)c1C#N. The summed E-state index contributed by atoms with van der Waals surface area (Å²) < 4.78 is 65.2. The Labute approximate surface area is 349 Å². The summed E-state index contributed by atoms with van der Waals surface area (Å²) in [6.45, 7) is 3.85. The molecule has 2 aromatic heterocycles. The third-order valence-electron chi connectivity index (χ3n) is 11.8. The molecule has 3 fully saturated rings. The molecule has 0 radical (unpaired) electrons. The molecule has 0 bridgehead atoms. The highest BCUT2D eigenvalue weighted by Gasteiger charge is 2.39. The van der Waals surface area contributed by atoms with Gasteiger partial charge in [0.25, 0.3) is 0 Å². The summed E-state index contributed by atoms with van der Waals surface area (Å²) >= 11 is 1.27. The number of nitrogens with zero attached hydrogens (tertiary/aromatic N) is 8. The zero-order valence-corrected chi connectivity index (χ0v) is 34.3. The molecular formula is C42H45F3N10O4S. The summed E-state index contributed by atoms with van der Waals surface area (Å²) in [6, 6.07) is 12.6. The van der Waals surface area contributed by atoms with E-state index >= 15 is 8.78 Å². The van der Waals surface area contributed by atoms with E-state index in [0.29, 0.717) is 52.1 Å². The van der Waals surface area contributed by atoms with E-state index in [1.807, 2.05) is 30.4 Å². The van der Waals surface area contributed by atoms with Gasteiger partial charge in [-0.25, -0.2) is 32.2 Å². The van der Waals surface area contributed by atoms with Crippen LogP contribution in [0.5, 0.6) is 17.4 Å². The molecule has 2 N–H and O–H groups in total. The standard InChI is InChI=1S/C42H45F3N10O4S/c1-4-52(2)60-51-33-12-10-31(43)39(30(33)22-46)59-27-9-11-34-35(19-27)48-38(23-47-34)58-24-42(45)14-17-54(18-15-42)26-7-5-25(6-8-26)28-21-36-29(20-32(28)44)40(50-53(36)3)55-16-13-37(56)49-41(55)57/h9-12,19-21,23,25-26,51H,4-8,13-18,24H2,1-3H3,(H,49,56,57). The van der Waals surface area contributed by atoms with Crippen molar-refractivity contribution in [3.63, 3.8) is 0 Å². The Balaban J connectivity index is 0.854. The monoisotopic (exact) mass is 842 g/mol. The number of amides is 3. The molecule has 1 aliphatic carbocycles. The summed E-state index contributed by atoms with van der Waals surface area (Å²) in [5, 5.41) is 17.2. The van der Waals surface area contributed by atoms with Crippen molar-refractivity contribution < 1.29 is 32.2 Å². The van der Waals surface area contributed by atoms with Crippen LogP contribution in [0.4, 0.5) is 29.5 Å². The third kappa shape index (κ3) is 8.51. The van der Waals surface area contributed by atoms with Gasteiger partial charge in [0, 0.05) is 69.3 Å². The smallest absolute Gasteiger partial charge is 0.329 e. The Hall–Kier alpha value is -5.64. The predicted molar refractivity (Wildman–Crippen MR) is 222 cm³/mol. The molecule has 0 unspecified atom stereocenters. The number of anilines is 2. The fourth-order valence-electron chi connectivity index (χ4n) is 8.21. The van der Waals surface area contributed by atoms with E-state index in [1.165, 1.54) is 41.4 Å².